The normalized spacial score (nSPS) is 51.6. The molecule has 33 heteroatoms. The highest BCUT2D eigenvalue weighted by atomic mass is 16.8. The molecule has 0 spiro atoms. The van der Waals surface area contributed by atoms with Crippen molar-refractivity contribution in [1.29, 1.82) is 0 Å². The Labute approximate surface area is 419 Å². The van der Waals surface area contributed by atoms with Crippen molar-refractivity contribution in [1.82, 2.24) is 0 Å². The number of ether oxygens (including phenoxy) is 13. The first-order valence-corrected chi connectivity index (χ1v) is 23.9. The summed E-state index contributed by atoms with van der Waals surface area (Å²) >= 11 is 0. The van der Waals surface area contributed by atoms with E-state index in [0.29, 0.717) is 0 Å². The molecule has 0 aromatic rings. The Morgan fingerprint density at radius 3 is 0.757 bits per heavy atom. The van der Waals surface area contributed by atoms with Gasteiger partial charge in [-0.15, -0.1) is 0 Å². The molecule has 12 bridgehead atoms. The van der Waals surface area contributed by atoms with Crippen molar-refractivity contribution in [3.05, 3.63) is 0 Å². The van der Waals surface area contributed by atoms with Gasteiger partial charge < -0.3 is 164 Å². The van der Waals surface area contributed by atoms with Gasteiger partial charge in [-0.2, -0.15) is 0 Å². The summed E-state index contributed by atoms with van der Waals surface area (Å²) in [7, 11) is 0. The van der Waals surface area contributed by atoms with Gasteiger partial charge in [0.25, 0.3) is 0 Å². The third kappa shape index (κ3) is 12.5. The van der Waals surface area contributed by atoms with E-state index in [1.54, 1.807) is 0 Å². The molecule has 0 saturated carbocycles. The molecule has 0 aliphatic carbocycles. The Hall–Kier alpha value is -1.32. The molecule has 32 atom stereocenters. The number of hydrogen-bond donors (Lipinski definition) is 20. The lowest BCUT2D eigenvalue weighted by atomic mass is 9.94. The van der Waals surface area contributed by atoms with Crippen molar-refractivity contribution in [2.75, 3.05) is 46.2 Å². The third-order valence-electron chi connectivity index (χ3n) is 13.9. The average Bonchev–Trinajstić information content (AvgIpc) is 3.39. The predicted octanol–water partition coefficient (Wildman–Crippen LogP) is -13.6. The van der Waals surface area contributed by atoms with E-state index in [0.717, 1.165) is 0 Å². The summed E-state index contributed by atoms with van der Waals surface area (Å²) in [5.74, 6) is 0. The Balaban J connectivity index is 1.22. The molecule has 33 nitrogen and oxygen atoms in total. The lowest BCUT2D eigenvalue weighted by Gasteiger charge is -2.51. The zero-order valence-corrected chi connectivity index (χ0v) is 39.1. The van der Waals surface area contributed by atoms with Crippen LogP contribution in [0.5, 0.6) is 0 Å². The number of hydrogen-bond acceptors (Lipinski definition) is 33. The van der Waals surface area contributed by atoms with Gasteiger partial charge in [-0.05, 0) is 6.42 Å². The maximum absolute atomic E-state index is 11.8. The van der Waals surface area contributed by atoms with Crippen LogP contribution in [0.3, 0.4) is 0 Å². The minimum Gasteiger partial charge on any atom is -0.394 e. The van der Waals surface area contributed by atoms with E-state index in [1.165, 1.54) is 0 Å². The Morgan fingerprint density at radius 2 is 0.514 bits per heavy atom. The standard InChI is InChI=1S/C41H70O33/c42-3-10(49)1-2-17(50)68-35-28(61)41-67-16(9-48)34(35)74-40-27(60)22(55)32(14(7-46)66-40)72-38-25(58)20(53)30(12(5-44)64-38)70-36-23(56)18(51)29(11(4-43)62-36)69-37-24(57)19(52)31(13(6-45)63-37)71-39-26(59)21(54)33(73-41)15(8-47)65-39/h10-61H,1-9H2/t10?,11-,12-,13-,14-,15-,16-,17?,18-,19-,20-,21-,22-,23-,24-,25-,26-,27-,28-,29-,30-,31-,32-,33-,34+,35-,36-,37-,38-,39-,40-,41-/m1/s1. The zero-order chi connectivity index (χ0) is 54.0. The van der Waals surface area contributed by atoms with Crippen molar-refractivity contribution in [3.63, 3.8) is 0 Å². The fourth-order valence-corrected chi connectivity index (χ4v) is 9.74. The van der Waals surface area contributed by atoms with Gasteiger partial charge >= 0.3 is 0 Å². The lowest BCUT2D eigenvalue weighted by Crippen LogP contribution is -2.69. The van der Waals surface area contributed by atoms with E-state index >= 15 is 0 Å². The second-order valence-corrected chi connectivity index (χ2v) is 18.8. The van der Waals surface area contributed by atoms with Crippen LogP contribution >= 0.6 is 0 Å². The van der Waals surface area contributed by atoms with Crippen LogP contribution in [-0.4, -0.2) is 345 Å². The van der Waals surface area contributed by atoms with Crippen LogP contribution in [0.4, 0.5) is 0 Å². The van der Waals surface area contributed by atoms with Gasteiger partial charge in [0.2, 0.25) is 0 Å². The second-order valence-electron chi connectivity index (χ2n) is 18.8. The molecule has 22 saturated heterocycles. The van der Waals surface area contributed by atoms with Gasteiger partial charge in [0.15, 0.2) is 44.0 Å². The van der Waals surface area contributed by atoms with Crippen molar-refractivity contribution in [3.8, 4) is 0 Å². The molecular formula is C41H70O33. The van der Waals surface area contributed by atoms with Gasteiger partial charge in [0.1, 0.15) is 146 Å². The van der Waals surface area contributed by atoms with E-state index in [4.69, 9.17) is 61.6 Å². The largest absolute Gasteiger partial charge is 0.394 e. The summed E-state index contributed by atoms with van der Waals surface area (Å²) in [6, 6.07) is 0. The van der Waals surface area contributed by atoms with Gasteiger partial charge in [-0.3, -0.25) is 0 Å². The van der Waals surface area contributed by atoms with E-state index in [1.807, 2.05) is 0 Å². The lowest BCUT2D eigenvalue weighted by molar-refractivity contribution is -0.407. The number of rotatable bonds is 12. The molecule has 22 aliphatic rings. The zero-order valence-electron chi connectivity index (χ0n) is 39.1. The van der Waals surface area contributed by atoms with Crippen LogP contribution in [0.25, 0.3) is 0 Å². The van der Waals surface area contributed by atoms with Gasteiger partial charge in [0, 0.05) is 6.42 Å². The molecule has 0 aromatic heterocycles. The molecule has 0 amide bonds. The van der Waals surface area contributed by atoms with Crippen LogP contribution in [0.15, 0.2) is 0 Å². The highest BCUT2D eigenvalue weighted by molar-refractivity contribution is 5.01. The topological polar surface area (TPSA) is 525 Å². The van der Waals surface area contributed by atoms with E-state index < -0.39 is 249 Å². The van der Waals surface area contributed by atoms with Crippen molar-refractivity contribution in [2.24, 2.45) is 0 Å². The van der Waals surface area contributed by atoms with Crippen LogP contribution in [-0.2, 0) is 61.6 Å². The molecule has 22 aliphatic heterocycles. The van der Waals surface area contributed by atoms with E-state index in [9.17, 15) is 102 Å². The molecular weight excluding hydrogens is 1020 g/mol. The summed E-state index contributed by atoms with van der Waals surface area (Å²) in [4.78, 5) is 0. The summed E-state index contributed by atoms with van der Waals surface area (Å²) in [6.07, 6.45) is -63.8. The highest BCUT2D eigenvalue weighted by Gasteiger charge is 2.59. The summed E-state index contributed by atoms with van der Waals surface area (Å²) < 4.78 is 74.7. The van der Waals surface area contributed by atoms with Crippen molar-refractivity contribution < 1.29 is 164 Å². The highest BCUT2D eigenvalue weighted by Crippen LogP contribution is 2.39. The second kappa shape index (κ2) is 26.3. The molecule has 20 N–H and O–H groups in total. The maximum Gasteiger partial charge on any atom is 0.187 e. The molecule has 2 unspecified atom stereocenters. The first-order chi connectivity index (χ1) is 35.2. The molecule has 0 radical (unpaired) electrons. The monoisotopic (exact) mass is 1090 g/mol. The quantitative estimate of drug-likeness (QED) is 0.0807. The van der Waals surface area contributed by atoms with Crippen molar-refractivity contribution >= 4 is 0 Å². The Morgan fingerprint density at radius 1 is 0.284 bits per heavy atom. The summed E-state index contributed by atoms with van der Waals surface area (Å²) in [5, 5.41) is 218. The minimum absolute atomic E-state index is 0.278. The maximum atomic E-state index is 11.8. The first kappa shape index (κ1) is 60.3. The van der Waals surface area contributed by atoms with Crippen molar-refractivity contribution in [2.45, 2.75) is 209 Å². The molecule has 0 aromatic carbocycles. The average molecular weight is 1090 g/mol. The fraction of sp³-hybridized carbons (Fsp3) is 1.00. The molecule has 22 heterocycles. The first-order valence-electron chi connectivity index (χ1n) is 23.9. The summed E-state index contributed by atoms with van der Waals surface area (Å²) in [5.41, 5.74) is 0. The number of aliphatic hydroxyl groups excluding tert-OH is 20. The SMILES string of the molecule is OCC(O)CCC(O)O[C@@H]1[C@@H](O)[C@H]2O[C@H]3[C@H](O)[C@@H](O)[C@@H](O[C@H]4[C@H](O)[C@@H](O)[C@@H](O[C@H]5[C@H](O)[C@@H](O)[C@@H](O[C@H]6[C@H](O)[C@@H](O)[C@@H](O[C@H]7[C@H](O)[C@@H](O)[C@@H](O[C@H]1[C@@H](CO)O2)O[C@@H]7CO)O[C@@H]6CO)O[C@@H]5CO)O[C@@H]4CO)O[C@@H]3CO. The molecule has 22 fully saturated rings. The van der Waals surface area contributed by atoms with Gasteiger partial charge in [-0.25, -0.2) is 0 Å². The third-order valence-corrected chi connectivity index (χ3v) is 13.9. The fourth-order valence-electron chi connectivity index (χ4n) is 9.74. The Kier molecular flexibility index (Phi) is 21.4. The van der Waals surface area contributed by atoms with Crippen LogP contribution in [0.1, 0.15) is 12.8 Å². The van der Waals surface area contributed by atoms with Gasteiger partial charge in [0.05, 0.1) is 52.4 Å². The van der Waals surface area contributed by atoms with E-state index in [2.05, 4.69) is 0 Å². The van der Waals surface area contributed by atoms with E-state index in [-0.39, 0.29) is 6.42 Å². The number of aliphatic hydroxyl groups is 20. The molecule has 74 heavy (non-hydrogen) atoms. The Bertz CT molecular complexity index is 1680. The molecule has 22 rings (SSSR count). The summed E-state index contributed by atoms with van der Waals surface area (Å²) in [6.45, 7) is -6.96. The smallest absolute Gasteiger partial charge is 0.187 e. The van der Waals surface area contributed by atoms with Crippen LogP contribution in [0.2, 0.25) is 0 Å². The molecule has 432 valence electrons. The predicted molar refractivity (Wildman–Crippen MR) is 223 cm³/mol. The van der Waals surface area contributed by atoms with Gasteiger partial charge in [-0.1, -0.05) is 0 Å². The van der Waals surface area contributed by atoms with Crippen LogP contribution in [0, 0.1) is 0 Å². The van der Waals surface area contributed by atoms with Crippen LogP contribution < -0.4 is 0 Å². The minimum atomic E-state index is -2.23.